The summed E-state index contributed by atoms with van der Waals surface area (Å²) in [4.78, 5) is 41.0. The highest BCUT2D eigenvalue weighted by Gasteiger charge is 2.39. The zero-order valence-electron chi connectivity index (χ0n) is 10.8. The number of carbonyl (C=O) groups is 3. The third kappa shape index (κ3) is 34.3. The lowest BCUT2D eigenvalue weighted by Crippen LogP contribution is -2.21. The maximum Gasteiger partial charge on any atom is 0.490 e. The molecule has 0 fully saturated rings. The van der Waals surface area contributed by atoms with Crippen LogP contribution in [0.25, 0.3) is 0 Å². The van der Waals surface area contributed by atoms with Crippen molar-refractivity contribution < 1.29 is 83.6 Å². The van der Waals surface area contributed by atoms with Gasteiger partial charge in [0.05, 0.1) is 0 Å². The standard InChI is InChI=1S/3C2HF3O2.H3O3P/c3*3-2(4,5)1(6)7;1-4(2)3/h3*(H,6,7);4H,(H2,1,2,3). The van der Waals surface area contributed by atoms with Crippen LogP contribution in [0.15, 0.2) is 0 Å². The van der Waals surface area contributed by atoms with E-state index in [9.17, 15) is 39.5 Å². The maximum atomic E-state index is 10.6. The lowest BCUT2D eigenvalue weighted by Gasteiger charge is -1.93. The maximum absolute atomic E-state index is 10.6. The van der Waals surface area contributed by atoms with E-state index in [1.54, 1.807) is 0 Å². The fourth-order valence-electron chi connectivity index (χ4n) is 0. The summed E-state index contributed by atoms with van der Waals surface area (Å²) in [6.07, 6.45) is -15.3. The highest BCUT2D eigenvalue weighted by molar-refractivity contribution is 7.30. The molecule has 25 heavy (non-hydrogen) atoms. The van der Waals surface area contributed by atoms with Crippen LogP contribution in [0.5, 0.6) is 0 Å². The zero-order valence-corrected chi connectivity index (χ0v) is 11.8. The monoisotopic (exact) mass is 424 g/mol. The zero-order chi connectivity index (χ0) is 21.8. The van der Waals surface area contributed by atoms with Crippen LogP contribution in [-0.2, 0) is 18.9 Å². The second kappa shape index (κ2) is 12.3. The normalized spacial score (nSPS) is 10.9. The number of carboxylic acid groups (broad SMARTS) is 3. The molecule has 0 aromatic rings. The Kier molecular flexibility index (Phi) is 15.2. The summed E-state index contributed by atoms with van der Waals surface area (Å²) in [6.45, 7) is 0. The second-order valence-corrected chi connectivity index (χ2v) is 3.26. The minimum absolute atomic E-state index is 2.76. The summed E-state index contributed by atoms with van der Waals surface area (Å²) < 4.78 is 104. The topological polar surface area (TPSA) is 169 Å². The summed E-state index contributed by atoms with van der Waals surface area (Å²) in [5, 5.41) is 21.4. The molecule has 0 aromatic carbocycles. The van der Waals surface area contributed by atoms with Gasteiger partial charge in [0.2, 0.25) is 0 Å². The van der Waals surface area contributed by atoms with Gasteiger partial charge in [-0.25, -0.2) is 14.4 Å². The third-order valence-corrected chi connectivity index (χ3v) is 0.728. The van der Waals surface area contributed by atoms with E-state index in [2.05, 4.69) is 0 Å². The summed E-state index contributed by atoms with van der Waals surface area (Å²) in [5.41, 5.74) is 0. The van der Waals surface area contributed by atoms with Crippen molar-refractivity contribution in [1.82, 2.24) is 0 Å². The van der Waals surface area contributed by atoms with E-state index in [-0.39, 0.29) is 0 Å². The predicted octanol–water partition coefficient (Wildman–Crippen LogP) is 1.26. The first-order valence-corrected chi connectivity index (χ1v) is 5.69. The molecule has 0 saturated carbocycles. The number of hydrogen-bond acceptors (Lipinski definition) is 4. The Morgan fingerprint density at radius 2 is 0.600 bits per heavy atom. The van der Waals surface area contributed by atoms with Crippen molar-refractivity contribution in [3.63, 3.8) is 0 Å². The van der Waals surface area contributed by atoms with E-state index in [1.807, 2.05) is 0 Å². The molecule has 19 heteroatoms. The van der Waals surface area contributed by atoms with E-state index >= 15 is 0 Å². The first kappa shape index (κ1) is 30.8. The predicted molar refractivity (Wildman–Crippen MR) is 54.5 cm³/mol. The SMILES string of the molecule is O=C(O)C(F)(F)F.O=C(O)C(F)(F)F.O=C(O)C(F)(F)F.O=[PH](O)O. The molecular formula is C6H6F9O9P. The lowest BCUT2D eigenvalue weighted by atomic mass is 10.7. The number of alkyl halides is 9. The summed E-state index contributed by atoms with van der Waals surface area (Å²) in [6, 6.07) is 0. The van der Waals surface area contributed by atoms with E-state index in [4.69, 9.17) is 44.1 Å². The van der Waals surface area contributed by atoms with Gasteiger partial charge in [0.25, 0.3) is 0 Å². The van der Waals surface area contributed by atoms with Gasteiger partial charge < -0.3 is 25.1 Å². The van der Waals surface area contributed by atoms with Crippen LogP contribution in [0.2, 0.25) is 0 Å². The van der Waals surface area contributed by atoms with Crippen molar-refractivity contribution in [2.45, 2.75) is 18.5 Å². The molecule has 0 unspecified atom stereocenters. The Morgan fingerprint density at radius 3 is 0.600 bits per heavy atom. The minimum atomic E-state index is -5.08. The molecule has 152 valence electrons. The number of hydrogen-bond donors (Lipinski definition) is 5. The van der Waals surface area contributed by atoms with Gasteiger partial charge >= 0.3 is 44.7 Å². The average Bonchev–Trinajstić information content (AvgIpc) is 2.25. The smallest absolute Gasteiger partial charge is 0.475 e. The summed E-state index contributed by atoms with van der Waals surface area (Å²) in [5.74, 6) is -8.27. The molecule has 0 saturated heterocycles. The molecule has 5 N–H and O–H groups in total. The Morgan fingerprint density at radius 1 is 0.560 bits per heavy atom. The van der Waals surface area contributed by atoms with Crippen LogP contribution in [-0.4, -0.2) is 61.5 Å². The molecule has 0 radical (unpaired) electrons. The first-order chi connectivity index (χ1) is 10.6. The van der Waals surface area contributed by atoms with Crippen LogP contribution >= 0.6 is 8.25 Å². The highest BCUT2D eigenvalue weighted by Crippen LogP contribution is 2.14. The minimum Gasteiger partial charge on any atom is -0.475 e. The fraction of sp³-hybridized carbons (Fsp3) is 0.500. The molecule has 0 rings (SSSR count). The largest absolute Gasteiger partial charge is 0.490 e. The van der Waals surface area contributed by atoms with E-state index in [0.29, 0.717) is 0 Å². The molecule has 0 heterocycles. The van der Waals surface area contributed by atoms with Gasteiger partial charge in [-0.3, -0.25) is 4.57 Å². The van der Waals surface area contributed by atoms with E-state index in [0.717, 1.165) is 0 Å². The second-order valence-electron chi connectivity index (χ2n) is 2.69. The van der Waals surface area contributed by atoms with Crippen LogP contribution in [0.4, 0.5) is 39.5 Å². The van der Waals surface area contributed by atoms with Crippen LogP contribution in [0.1, 0.15) is 0 Å². The van der Waals surface area contributed by atoms with Gasteiger partial charge in [0.15, 0.2) is 0 Å². The molecule has 0 amide bonds. The molecule has 9 nitrogen and oxygen atoms in total. The van der Waals surface area contributed by atoms with Gasteiger partial charge in [0.1, 0.15) is 0 Å². The van der Waals surface area contributed by atoms with Gasteiger partial charge in [-0.05, 0) is 0 Å². The van der Waals surface area contributed by atoms with Crippen LogP contribution in [0, 0.1) is 0 Å². The number of carboxylic acids is 3. The van der Waals surface area contributed by atoms with Crippen molar-refractivity contribution >= 4 is 26.2 Å². The first-order valence-electron chi connectivity index (χ1n) is 4.39. The number of rotatable bonds is 0. The van der Waals surface area contributed by atoms with Gasteiger partial charge in [-0.2, -0.15) is 39.5 Å². The molecule has 0 aliphatic carbocycles. The Hall–Kier alpha value is -2.07. The Balaban J connectivity index is -0.000000120. The van der Waals surface area contributed by atoms with Crippen molar-refractivity contribution in [1.29, 1.82) is 0 Å². The molecule has 0 bridgehead atoms. The highest BCUT2D eigenvalue weighted by atomic mass is 31.1. The lowest BCUT2D eigenvalue weighted by molar-refractivity contribution is -0.193. The molecule has 0 spiro atoms. The molecule has 0 aliphatic rings. The van der Waals surface area contributed by atoms with Crippen molar-refractivity contribution in [2.75, 3.05) is 0 Å². The molecule has 0 aromatic heterocycles. The third-order valence-electron chi connectivity index (χ3n) is 0.728. The molecular weight excluding hydrogens is 418 g/mol. The number of aliphatic carboxylic acids is 3. The molecule has 0 atom stereocenters. The van der Waals surface area contributed by atoms with Crippen molar-refractivity contribution in [2.24, 2.45) is 0 Å². The summed E-state index contributed by atoms with van der Waals surface area (Å²) in [7, 11) is -3.13. The van der Waals surface area contributed by atoms with Crippen LogP contribution in [0.3, 0.4) is 0 Å². The molecule has 0 aliphatic heterocycles. The van der Waals surface area contributed by atoms with E-state index in [1.165, 1.54) is 0 Å². The quantitative estimate of drug-likeness (QED) is 0.284. The van der Waals surface area contributed by atoms with Crippen molar-refractivity contribution in [3.05, 3.63) is 0 Å². The van der Waals surface area contributed by atoms with Crippen molar-refractivity contribution in [3.8, 4) is 0 Å². The van der Waals surface area contributed by atoms with Gasteiger partial charge in [0, 0.05) is 0 Å². The Bertz CT molecular complexity index is 391. The van der Waals surface area contributed by atoms with Gasteiger partial charge in [-0.15, -0.1) is 0 Å². The van der Waals surface area contributed by atoms with Crippen LogP contribution < -0.4 is 0 Å². The average molecular weight is 424 g/mol. The van der Waals surface area contributed by atoms with E-state index < -0.39 is 44.7 Å². The van der Waals surface area contributed by atoms with Gasteiger partial charge in [-0.1, -0.05) is 0 Å². The number of halogens is 9. The summed E-state index contributed by atoms with van der Waals surface area (Å²) >= 11 is 0. The Labute approximate surface area is 129 Å². The fourth-order valence-corrected chi connectivity index (χ4v) is 0.